The Kier molecular flexibility index (Phi) is 3.05. The number of hydrogen-bond acceptors (Lipinski definition) is 1. The number of benzene rings is 1. The lowest BCUT2D eigenvalue weighted by molar-refractivity contribution is 0.105. The molecule has 0 saturated heterocycles. The molecule has 0 radical (unpaired) electrons. The molecule has 0 aliphatic carbocycles. The summed E-state index contributed by atoms with van der Waals surface area (Å²) in [6, 6.07) is 3.80. The van der Waals surface area contributed by atoms with Gasteiger partial charge in [-0.1, -0.05) is 17.5 Å². The minimum absolute atomic E-state index is 0.0816. The largest absolute Gasteiger partial charge is 0.279 e. The van der Waals surface area contributed by atoms with Crippen molar-refractivity contribution in [3.05, 3.63) is 34.6 Å². The van der Waals surface area contributed by atoms with Gasteiger partial charge in [0.15, 0.2) is 0 Å². The van der Waals surface area contributed by atoms with Crippen LogP contribution in [0.5, 0.6) is 0 Å². The van der Waals surface area contributed by atoms with Crippen LogP contribution in [0.4, 0.5) is 4.39 Å². The summed E-state index contributed by atoms with van der Waals surface area (Å²) in [7, 11) is 0. The molecule has 0 amide bonds. The Morgan fingerprint density at radius 1 is 1.54 bits per heavy atom. The molecule has 0 unspecified atom stereocenters. The lowest BCUT2D eigenvalue weighted by Crippen LogP contribution is -1.98. The third-order valence-corrected chi connectivity index (χ3v) is 1.65. The molecule has 66 valence electrons. The highest BCUT2D eigenvalue weighted by Crippen LogP contribution is 2.14. The van der Waals surface area contributed by atoms with Crippen molar-refractivity contribution in [1.82, 2.24) is 0 Å². The summed E-state index contributed by atoms with van der Waals surface area (Å²) in [5.74, 6) is 3.49. The maximum Gasteiger partial charge on any atom is 0.238 e. The van der Waals surface area contributed by atoms with Gasteiger partial charge in [0, 0.05) is 5.02 Å². The summed E-state index contributed by atoms with van der Waals surface area (Å²) >= 11 is 5.59. The predicted molar refractivity (Wildman–Crippen MR) is 49.2 cm³/mol. The van der Waals surface area contributed by atoms with Crippen molar-refractivity contribution in [3.63, 3.8) is 0 Å². The summed E-state index contributed by atoms with van der Waals surface area (Å²) in [5, 5.41) is 0.322. The molecule has 0 fully saturated rings. The average Bonchev–Trinajstić information content (AvgIpc) is 2.09. The first kappa shape index (κ1) is 9.76. The highest BCUT2D eigenvalue weighted by atomic mass is 35.5. The van der Waals surface area contributed by atoms with Crippen LogP contribution in [0.2, 0.25) is 5.02 Å². The second-order valence-corrected chi connectivity index (χ2v) is 2.76. The van der Waals surface area contributed by atoms with Gasteiger partial charge in [-0.2, -0.15) is 0 Å². The molecule has 0 aromatic heterocycles. The Balaban J connectivity index is 3.18. The number of Topliss-reactive ketones (excluding diaryl/α,β-unsaturated/α-hetero) is 1. The maximum atomic E-state index is 13.0. The zero-order valence-electron chi connectivity index (χ0n) is 6.90. The molecule has 3 heteroatoms. The van der Waals surface area contributed by atoms with E-state index in [1.54, 1.807) is 0 Å². The highest BCUT2D eigenvalue weighted by molar-refractivity contribution is 6.31. The molecular weight excluding hydrogens is 191 g/mol. The van der Waals surface area contributed by atoms with Crippen LogP contribution in [0.1, 0.15) is 17.3 Å². The molecule has 0 aliphatic rings. The quantitative estimate of drug-likeness (QED) is 0.384. The van der Waals surface area contributed by atoms with E-state index in [0.29, 0.717) is 5.02 Å². The maximum absolute atomic E-state index is 13.0. The predicted octanol–water partition coefficient (Wildman–Crippen LogP) is 2.69. The van der Waals surface area contributed by atoms with Crippen LogP contribution in [0.3, 0.4) is 0 Å². The van der Waals surface area contributed by atoms with E-state index >= 15 is 0 Å². The van der Waals surface area contributed by atoms with Crippen LogP contribution in [0.25, 0.3) is 0 Å². The lowest BCUT2D eigenvalue weighted by atomic mass is 10.1. The fraction of sp³-hybridized carbons (Fsp3) is 0.100. The van der Waals surface area contributed by atoms with E-state index in [2.05, 4.69) is 11.8 Å². The zero-order valence-corrected chi connectivity index (χ0v) is 7.65. The molecule has 0 bridgehead atoms. The molecule has 0 atom stereocenters. The second kappa shape index (κ2) is 4.06. The standard InChI is InChI=1S/C10H6ClFO/c1-2-3-10(13)8-6-7(11)4-5-9(8)12/h4-6H,1H3. The van der Waals surface area contributed by atoms with Gasteiger partial charge in [-0.15, -0.1) is 0 Å². The van der Waals surface area contributed by atoms with Gasteiger partial charge in [-0.05, 0) is 31.0 Å². The van der Waals surface area contributed by atoms with Crippen molar-refractivity contribution in [3.8, 4) is 11.8 Å². The molecule has 1 rings (SSSR count). The van der Waals surface area contributed by atoms with Gasteiger partial charge in [0.25, 0.3) is 0 Å². The number of hydrogen-bond donors (Lipinski definition) is 0. The van der Waals surface area contributed by atoms with Crippen molar-refractivity contribution in [2.24, 2.45) is 0 Å². The third-order valence-electron chi connectivity index (χ3n) is 1.41. The van der Waals surface area contributed by atoms with Crippen LogP contribution in [0, 0.1) is 17.7 Å². The zero-order chi connectivity index (χ0) is 9.84. The first-order valence-electron chi connectivity index (χ1n) is 3.57. The molecule has 0 aliphatic heterocycles. The number of carbonyl (C=O) groups is 1. The first-order valence-corrected chi connectivity index (χ1v) is 3.95. The van der Waals surface area contributed by atoms with Crippen molar-refractivity contribution >= 4 is 17.4 Å². The van der Waals surface area contributed by atoms with Crippen LogP contribution < -0.4 is 0 Å². The van der Waals surface area contributed by atoms with E-state index < -0.39 is 11.6 Å². The fourth-order valence-electron chi connectivity index (χ4n) is 0.852. The molecule has 1 nitrogen and oxygen atoms in total. The van der Waals surface area contributed by atoms with Gasteiger partial charge < -0.3 is 0 Å². The number of rotatable bonds is 1. The number of carbonyl (C=O) groups excluding carboxylic acids is 1. The summed E-state index contributed by atoms with van der Waals surface area (Å²) in [5.41, 5.74) is -0.0816. The SMILES string of the molecule is CC#CC(=O)c1cc(Cl)ccc1F. The van der Waals surface area contributed by atoms with Gasteiger partial charge in [0.1, 0.15) is 5.82 Å². The molecule has 0 N–H and O–H groups in total. The van der Waals surface area contributed by atoms with Crippen molar-refractivity contribution < 1.29 is 9.18 Å². The Morgan fingerprint density at radius 3 is 2.85 bits per heavy atom. The summed E-state index contributed by atoms with van der Waals surface area (Å²) < 4.78 is 13.0. The molecule has 1 aromatic carbocycles. The van der Waals surface area contributed by atoms with Gasteiger partial charge in [-0.25, -0.2) is 4.39 Å². The molecule has 0 saturated carbocycles. The molecular formula is C10H6ClFO. The van der Waals surface area contributed by atoms with E-state index in [1.807, 2.05) is 0 Å². The summed E-state index contributed by atoms with van der Waals surface area (Å²) in [6.07, 6.45) is 0. The fourth-order valence-corrected chi connectivity index (χ4v) is 1.02. The minimum atomic E-state index is -0.600. The van der Waals surface area contributed by atoms with E-state index in [0.717, 1.165) is 6.07 Å². The molecule has 0 heterocycles. The van der Waals surface area contributed by atoms with E-state index in [1.165, 1.54) is 19.1 Å². The van der Waals surface area contributed by atoms with Gasteiger partial charge in [0.2, 0.25) is 5.78 Å². The van der Waals surface area contributed by atoms with E-state index in [-0.39, 0.29) is 5.56 Å². The number of ketones is 1. The third kappa shape index (κ3) is 2.30. The monoisotopic (exact) mass is 196 g/mol. The highest BCUT2D eigenvalue weighted by Gasteiger charge is 2.09. The van der Waals surface area contributed by atoms with Crippen molar-refractivity contribution in [2.75, 3.05) is 0 Å². The van der Waals surface area contributed by atoms with Crippen LogP contribution in [0.15, 0.2) is 18.2 Å². The average molecular weight is 197 g/mol. The molecule has 1 aromatic rings. The normalized spacial score (nSPS) is 8.85. The topological polar surface area (TPSA) is 17.1 Å². The molecule has 0 spiro atoms. The Labute approximate surface area is 80.5 Å². The van der Waals surface area contributed by atoms with Crippen LogP contribution in [-0.2, 0) is 0 Å². The summed E-state index contributed by atoms with van der Waals surface area (Å²) in [6.45, 7) is 1.51. The Hall–Kier alpha value is -1.33. The first-order chi connectivity index (χ1) is 6.15. The van der Waals surface area contributed by atoms with Gasteiger partial charge >= 0.3 is 0 Å². The van der Waals surface area contributed by atoms with Crippen molar-refractivity contribution in [2.45, 2.75) is 6.92 Å². The van der Waals surface area contributed by atoms with Gasteiger partial charge in [0.05, 0.1) is 5.56 Å². The minimum Gasteiger partial charge on any atom is -0.279 e. The number of halogens is 2. The Morgan fingerprint density at radius 2 is 2.23 bits per heavy atom. The van der Waals surface area contributed by atoms with Gasteiger partial charge in [-0.3, -0.25) is 4.79 Å². The van der Waals surface area contributed by atoms with Crippen LogP contribution >= 0.6 is 11.6 Å². The summed E-state index contributed by atoms with van der Waals surface area (Å²) in [4.78, 5) is 11.1. The Bertz CT molecular complexity index is 401. The van der Waals surface area contributed by atoms with Crippen LogP contribution in [-0.4, -0.2) is 5.78 Å². The van der Waals surface area contributed by atoms with Crippen molar-refractivity contribution in [1.29, 1.82) is 0 Å². The van der Waals surface area contributed by atoms with E-state index in [9.17, 15) is 9.18 Å². The second-order valence-electron chi connectivity index (χ2n) is 2.33. The smallest absolute Gasteiger partial charge is 0.238 e. The molecule has 13 heavy (non-hydrogen) atoms. The van der Waals surface area contributed by atoms with E-state index in [4.69, 9.17) is 11.6 Å². The lowest BCUT2D eigenvalue weighted by Gasteiger charge is -1.96.